The highest BCUT2D eigenvalue weighted by atomic mass is 31.2. The van der Waals surface area contributed by atoms with E-state index in [1.165, 1.54) is 0 Å². The van der Waals surface area contributed by atoms with Gasteiger partial charge in [0, 0.05) is 0 Å². The molecule has 0 spiro atoms. The lowest BCUT2D eigenvalue weighted by Crippen LogP contribution is -1.99. The summed E-state index contributed by atoms with van der Waals surface area (Å²) < 4.78 is 10.7. The van der Waals surface area contributed by atoms with E-state index in [1.807, 2.05) is 55.5 Å². The quantitative estimate of drug-likeness (QED) is 0.826. The SMILES string of the molecule is CC(OP(O)Oc1ccccc1)c1ccccc1. The fraction of sp³-hybridized carbons (Fsp3) is 0.143. The molecular formula is C14H15O3P. The van der Waals surface area contributed by atoms with Gasteiger partial charge in [-0.05, 0) is 24.6 Å². The molecule has 2 aromatic carbocycles. The molecule has 0 aromatic heterocycles. The number of benzene rings is 2. The van der Waals surface area contributed by atoms with Gasteiger partial charge in [0.1, 0.15) is 5.75 Å². The van der Waals surface area contributed by atoms with Gasteiger partial charge >= 0.3 is 8.60 Å². The zero-order chi connectivity index (χ0) is 12.8. The van der Waals surface area contributed by atoms with Crippen molar-refractivity contribution in [2.24, 2.45) is 0 Å². The Labute approximate surface area is 108 Å². The van der Waals surface area contributed by atoms with Crippen LogP contribution in [0, 0.1) is 0 Å². The molecule has 0 aliphatic carbocycles. The molecule has 2 atom stereocenters. The number of rotatable bonds is 5. The number of hydrogen-bond donors (Lipinski definition) is 1. The molecule has 0 saturated heterocycles. The molecule has 3 nitrogen and oxygen atoms in total. The van der Waals surface area contributed by atoms with Crippen molar-refractivity contribution in [1.82, 2.24) is 0 Å². The minimum absolute atomic E-state index is 0.203. The van der Waals surface area contributed by atoms with Crippen LogP contribution in [0.15, 0.2) is 60.7 Å². The molecule has 94 valence electrons. The molecule has 1 N–H and O–H groups in total. The van der Waals surface area contributed by atoms with Gasteiger partial charge in [-0.1, -0.05) is 48.5 Å². The molecular weight excluding hydrogens is 247 g/mol. The highest BCUT2D eigenvalue weighted by molar-refractivity contribution is 7.41. The fourth-order valence-electron chi connectivity index (χ4n) is 1.51. The second-order valence-corrected chi connectivity index (χ2v) is 4.67. The predicted octanol–water partition coefficient (Wildman–Crippen LogP) is 4.06. The van der Waals surface area contributed by atoms with Crippen molar-refractivity contribution in [3.05, 3.63) is 66.2 Å². The van der Waals surface area contributed by atoms with Crippen LogP contribution in [0.25, 0.3) is 0 Å². The highest BCUT2D eigenvalue weighted by Crippen LogP contribution is 2.39. The zero-order valence-electron chi connectivity index (χ0n) is 10.1. The van der Waals surface area contributed by atoms with E-state index in [-0.39, 0.29) is 6.10 Å². The second-order valence-electron chi connectivity index (χ2n) is 3.80. The summed E-state index contributed by atoms with van der Waals surface area (Å²) in [5.74, 6) is 0.603. The van der Waals surface area contributed by atoms with Crippen molar-refractivity contribution < 1.29 is 13.9 Å². The van der Waals surface area contributed by atoms with E-state index in [0.717, 1.165) is 5.56 Å². The minimum Gasteiger partial charge on any atom is -0.427 e. The lowest BCUT2D eigenvalue weighted by atomic mass is 10.1. The summed E-state index contributed by atoms with van der Waals surface area (Å²) in [7, 11) is -1.92. The largest absolute Gasteiger partial charge is 0.427 e. The van der Waals surface area contributed by atoms with Crippen LogP contribution in [0.4, 0.5) is 0 Å². The molecule has 0 fully saturated rings. The Kier molecular flexibility index (Phi) is 4.71. The van der Waals surface area contributed by atoms with Gasteiger partial charge in [-0.2, -0.15) is 0 Å². The van der Waals surface area contributed by atoms with Crippen molar-refractivity contribution >= 4 is 8.60 Å². The number of hydrogen-bond acceptors (Lipinski definition) is 3. The van der Waals surface area contributed by atoms with Crippen LogP contribution in [0.5, 0.6) is 5.75 Å². The first kappa shape index (κ1) is 13.0. The highest BCUT2D eigenvalue weighted by Gasteiger charge is 2.15. The maximum atomic E-state index is 9.75. The average molecular weight is 262 g/mol. The zero-order valence-corrected chi connectivity index (χ0v) is 11.0. The van der Waals surface area contributed by atoms with Crippen molar-refractivity contribution in [2.75, 3.05) is 0 Å². The summed E-state index contributed by atoms with van der Waals surface area (Å²) in [6.07, 6.45) is -0.203. The maximum absolute atomic E-state index is 9.75. The van der Waals surface area contributed by atoms with Gasteiger partial charge in [0.05, 0.1) is 6.10 Å². The third-order valence-electron chi connectivity index (χ3n) is 2.44. The summed E-state index contributed by atoms with van der Waals surface area (Å²) >= 11 is 0. The first-order valence-electron chi connectivity index (χ1n) is 5.69. The van der Waals surface area contributed by atoms with Gasteiger partial charge in [-0.25, -0.2) is 0 Å². The van der Waals surface area contributed by atoms with Crippen LogP contribution in [-0.4, -0.2) is 4.89 Å². The monoisotopic (exact) mass is 262 g/mol. The van der Waals surface area contributed by atoms with Crippen LogP contribution >= 0.6 is 8.60 Å². The van der Waals surface area contributed by atoms with Crippen LogP contribution in [0.1, 0.15) is 18.6 Å². The predicted molar refractivity (Wildman–Crippen MR) is 72.2 cm³/mol. The molecule has 0 heterocycles. The summed E-state index contributed by atoms with van der Waals surface area (Å²) in [6.45, 7) is 1.88. The molecule has 0 amide bonds. The summed E-state index contributed by atoms with van der Waals surface area (Å²) in [5, 5.41) is 0. The van der Waals surface area contributed by atoms with Gasteiger partial charge in [0.2, 0.25) is 0 Å². The topological polar surface area (TPSA) is 38.7 Å². The molecule has 0 aliphatic heterocycles. The Balaban J connectivity index is 1.90. The Morgan fingerprint density at radius 3 is 2.11 bits per heavy atom. The second kappa shape index (κ2) is 6.50. The molecule has 0 saturated carbocycles. The van der Waals surface area contributed by atoms with Gasteiger partial charge < -0.3 is 9.42 Å². The first-order chi connectivity index (χ1) is 8.75. The first-order valence-corrected chi connectivity index (χ1v) is 6.82. The van der Waals surface area contributed by atoms with E-state index in [0.29, 0.717) is 5.75 Å². The lowest BCUT2D eigenvalue weighted by Gasteiger charge is -2.17. The van der Waals surface area contributed by atoms with E-state index in [4.69, 9.17) is 9.05 Å². The molecule has 4 heteroatoms. The van der Waals surface area contributed by atoms with E-state index in [1.54, 1.807) is 12.1 Å². The standard InChI is InChI=1S/C14H15O3P/c1-12(13-8-4-2-5-9-13)16-18(15)17-14-10-6-3-7-11-14/h2-12,15H,1H3. The molecule has 0 bridgehead atoms. The van der Waals surface area contributed by atoms with Crippen LogP contribution in [0.3, 0.4) is 0 Å². The Bertz CT molecular complexity index is 461. The van der Waals surface area contributed by atoms with E-state index >= 15 is 0 Å². The third kappa shape index (κ3) is 3.81. The average Bonchev–Trinajstić information content (AvgIpc) is 2.40. The van der Waals surface area contributed by atoms with E-state index in [2.05, 4.69) is 0 Å². The molecule has 2 rings (SSSR count). The minimum atomic E-state index is -1.92. The van der Waals surface area contributed by atoms with Crippen molar-refractivity contribution in [3.8, 4) is 5.75 Å². The summed E-state index contributed by atoms with van der Waals surface area (Å²) in [6, 6.07) is 18.9. The molecule has 2 aromatic rings. The fourth-order valence-corrected chi connectivity index (χ4v) is 2.25. The van der Waals surface area contributed by atoms with Crippen molar-refractivity contribution in [1.29, 1.82) is 0 Å². The Morgan fingerprint density at radius 1 is 0.944 bits per heavy atom. The molecule has 18 heavy (non-hydrogen) atoms. The normalized spacial score (nSPS) is 13.9. The molecule has 0 aliphatic rings. The Hall–Kier alpha value is -1.41. The number of para-hydroxylation sites is 1. The van der Waals surface area contributed by atoms with Crippen molar-refractivity contribution in [2.45, 2.75) is 13.0 Å². The van der Waals surface area contributed by atoms with Crippen LogP contribution in [-0.2, 0) is 4.52 Å². The van der Waals surface area contributed by atoms with E-state index < -0.39 is 8.60 Å². The Morgan fingerprint density at radius 2 is 1.50 bits per heavy atom. The van der Waals surface area contributed by atoms with Crippen molar-refractivity contribution in [3.63, 3.8) is 0 Å². The molecule has 2 unspecified atom stereocenters. The van der Waals surface area contributed by atoms with Crippen LogP contribution < -0.4 is 4.52 Å². The van der Waals surface area contributed by atoms with Crippen LogP contribution in [0.2, 0.25) is 0 Å². The summed E-state index contributed by atoms with van der Waals surface area (Å²) in [5.41, 5.74) is 1.01. The van der Waals surface area contributed by atoms with E-state index in [9.17, 15) is 4.89 Å². The van der Waals surface area contributed by atoms with Gasteiger partial charge in [-0.15, -0.1) is 0 Å². The smallest absolute Gasteiger partial charge is 0.395 e. The third-order valence-corrected chi connectivity index (χ3v) is 3.31. The van der Waals surface area contributed by atoms with Gasteiger partial charge in [-0.3, -0.25) is 4.52 Å². The maximum Gasteiger partial charge on any atom is 0.395 e. The summed E-state index contributed by atoms with van der Waals surface area (Å²) in [4.78, 5) is 9.75. The molecule has 0 radical (unpaired) electrons. The lowest BCUT2D eigenvalue weighted by molar-refractivity contribution is 0.193. The van der Waals surface area contributed by atoms with Gasteiger partial charge in [0.25, 0.3) is 0 Å². The van der Waals surface area contributed by atoms with Gasteiger partial charge in [0.15, 0.2) is 0 Å².